The van der Waals surface area contributed by atoms with Crippen molar-refractivity contribution in [2.24, 2.45) is 0 Å². The number of urea groups is 1. The number of nitrogens with zero attached hydrogens (tertiary/aromatic N) is 2. The predicted octanol–water partition coefficient (Wildman–Crippen LogP) is 4.73. The Kier molecular flexibility index (Phi) is 5.11. The number of likely N-dealkylation sites (tertiary alicyclic amines) is 1. The highest BCUT2D eigenvalue weighted by Crippen LogP contribution is 2.32. The third-order valence-electron chi connectivity index (χ3n) is 5.11. The van der Waals surface area contributed by atoms with Crippen LogP contribution in [0.15, 0.2) is 34.9 Å². The average molecular weight is 342 g/mol. The molecule has 5 heteroatoms. The first-order valence-corrected chi connectivity index (χ1v) is 9.20. The zero-order chi connectivity index (χ0) is 18.0. The van der Waals surface area contributed by atoms with Crippen molar-refractivity contribution in [2.45, 2.75) is 58.5 Å². The van der Waals surface area contributed by atoms with Crippen molar-refractivity contribution >= 4 is 22.9 Å². The van der Waals surface area contributed by atoms with E-state index in [0.717, 1.165) is 35.8 Å². The number of rotatable bonds is 6. The van der Waals surface area contributed by atoms with Crippen LogP contribution >= 0.6 is 0 Å². The van der Waals surface area contributed by atoms with Gasteiger partial charge in [-0.25, -0.2) is 4.79 Å². The molecular formula is C20H26N2O3. The van der Waals surface area contributed by atoms with E-state index in [2.05, 4.69) is 13.0 Å². The highest BCUT2D eigenvalue weighted by molar-refractivity contribution is 5.99. The quantitative estimate of drug-likeness (QED) is 0.713. The summed E-state index contributed by atoms with van der Waals surface area (Å²) in [5.41, 5.74) is 1.93. The van der Waals surface area contributed by atoms with Gasteiger partial charge in [-0.15, -0.1) is 0 Å². The average Bonchev–Trinajstić information content (AvgIpc) is 3.06. The van der Waals surface area contributed by atoms with Crippen LogP contribution in [0.25, 0.3) is 11.0 Å². The molecule has 25 heavy (non-hydrogen) atoms. The summed E-state index contributed by atoms with van der Waals surface area (Å²) in [6.07, 6.45) is 4.80. The molecule has 1 unspecified atom stereocenters. The lowest BCUT2D eigenvalue weighted by Crippen LogP contribution is -2.59. The van der Waals surface area contributed by atoms with Crippen LogP contribution in [0.3, 0.4) is 0 Å². The van der Waals surface area contributed by atoms with E-state index in [0.29, 0.717) is 13.0 Å². The van der Waals surface area contributed by atoms with E-state index in [1.807, 2.05) is 36.9 Å². The lowest BCUT2D eigenvalue weighted by atomic mass is 9.97. The first-order chi connectivity index (χ1) is 12.1. The van der Waals surface area contributed by atoms with Crippen molar-refractivity contribution in [3.63, 3.8) is 0 Å². The number of furan rings is 1. The smallest absolute Gasteiger partial charge is 0.327 e. The number of β-lactam (4-membered cyclic amide) rings is 1. The maximum absolute atomic E-state index is 13.1. The third-order valence-corrected chi connectivity index (χ3v) is 5.11. The number of benzene rings is 1. The summed E-state index contributed by atoms with van der Waals surface area (Å²) in [7, 11) is 0. The van der Waals surface area contributed by atoms with Crippen molar-refractivity contribution in [3.8, 4) is 0 Å². The highest BCUT2D eigenvalue weighted by atomic mass is 16.3. The van der Waals surface area contributed by atoms with Gasteiger partial charge in [-0.3, -0.25) is 9.69 Å². The van der Waals surface area contributed by atoms with Crippen molar-refractivity contribution in [1.29, 1.82) is 0 Å². The molecule has 0 spiro atoms. The summed E-state index contributed by atoms with van der Waals surface area (Å²) in [5, 5.41) is 1.04. The fourth-order valence-corrected chi connectivity index (χ4v) is 3.67. The van der Waals surface area contributed by atoms with Gasteiger partial charge in [-0.05, 0) is 43.5 Å². The second-order valence-corrected chi connectivity index (χ2v) is 6.62. The van der Waals surface area contributed by atoms with Crippen LogP contribution in [0.4, 0.5) is 4.79 Å². The molecule has 0 aliphatic carbocycles. The van der Waals surface area contributed by atoms with E-state index >= 15 is 0 Å². The topological polar surface area (TPSA) is 53.8 Å². The van der Waals surface area contributed by atoms with Gasteiger partial charge in [0.2, 0.25) is 5.91 Å². The molecule has 0 bridgehead atoms. The van der Waals surface area contributed by atoms with Crippen molar-refractivity contribution in [3.05, 3.63) is 36.1 Å². The van der Waals surface area contributed by atoms with Crippen LogP contribution in [-0.4, -0.2) is 34.3 Å². The van der Waals surface area contributed by atoms with Crippen LogP contribution in [0.1, 0.15) is 58.1 Å². The van der Waals surface area contributed by atoms with Gasteiger partial charge in [-0.2, -0.15) is 0 Å². The van der Waals surface area contributed by atoms with E-state index < -0.39 is 0 Å². The molecule has 1 fully saturated rings. The maximum Gasteiger partial charge on any atom is 0.327 e. The van der Waals surface area contributed by atoms with Crippen LogP contribution in [-0.2, 0) is 4.79 Å². The molecule has 0 radical (unpaired) electrons. The Morgan fingerprint density at radius 2 is 2.12 bits per heavy atom. The summed E-state index contributed by atoms with van der Waals surface area (Å²) in [4.78, 5) is 28.3. The zero-order valence-corrected chi connectivity index (χ0v) is 15.2. The molecule has 1 aliphatic heterocycles. The molecule has 2 heterocycles. The van der Waals surface area contributed by atoms with Gasteiger partial charge in [0.1, 0.15) is 5.58 Å². The first kappa shape index (κ1) is 17.5. The number of imide groups is 1. The molecule has 3 amide bonds. The lowest BCUT2D eigenvalue weighted by Gasteiger charge is -2.43. The lowest BCUT2D eigenvalue weighted by molar-refractivity contribution is -0.141. The SMILES string of the molecule is CCC[C@H](c1ccc2occc2c1)N(CC)C(=O)N1C(=O)CC1CC. The third kappa shape index (κ3) is 3.15. The summed E-state index contributed by atoms with van der Waals surface area (Å²) < 4.78 is 5.42. The molecule has 3 rings (SSSR count). The van der Waals surface area contributed by atoms with Crippen LogP contribution < -0.4 is 0 Å². The largest absolute Gasteiger partial charge is 0.464 e. The summed E-state index contributed by atoms with van der Waals surface area (Å²) in [6, 6.07) is 7.86. The van der Waals surface area contributed by atoms with Crippen LogP contribution in [0, 0.1) is 0 Å². The fraction of sp³-hybridized carbons (Fsp3) is 0.500. The van der Waals surface area contributed by atoms with Crippen molar-refractivity contribution in [2.75, 3.05) is 6.54 Å². The predicted molar refractivity (Wildman–Crippen MR) is 97.2 cm³/mol. The highest BCUT2D eigenvalue weighted by Gasteiger charge is 2.42. The van der Waals surface area contributed by atoms with E-state index in [9.17, 15) is 9.59 Å². The Hall–Kier alpha value is -2.30. The number of carbonyl (C=O) groups excluding carboxylic acids is 2. The molecule has 134 valence electrons. The normalized spacial score (nSPS) is 18.3. The Balaban J connectivity index is 1.91. The molecule has 5 nitrogen and oxygen atoms in total. The van der Waals surface area contributed by atoms with Crippen LogP contribution in [0.2, 0.25) is 0 Å². The van der Waals surface area contributed by atoms with Gasteiger partial charge in [0, 0.05) is 24.4 Å². The molecular weight excluding hydrogens is 316 g/mol. The zero-order valence-electron chi connectivity index (χ0n) is 15.2. The van der Waals surface area contributed by atoms with E-state index in [4.69, 9.17) is 4.42 Å². The van der Waals surface area contributed by atoms with Crippen molar-refractivity contribution < 1.29 is 14.0 Å². The summed E-state index contributed by atoms with van der Waals surface area (Å²) in [6.45, 7) is 6.69. The fourth-order valence-electron chi connectivity index (χ4n) is 3.67. The van der Waals surface area contributed by atoms with Crippen molar-refractivity contribution in [1.82, 2.24) is 9.80 Å². The Labute approximate surface area is 148 Å². The standard InChI is InChI=1S/C20H26N2O3/c1-4-7-17(14-8-9-18-15(12-14)10-11-25-18)21(6-3)20(24)22-16(5-2)13-19(22)23/h8-12,16-17H,4-7,13H2,1-3H3/t16?,17-/m1/s1. The minimum absolute atomic E-state index is 0.0345. The molecule has 2 aromatic rings. The monoisotopic (exact) mass is 342 g/mol. The number of hydrogen-bond donors (Lipinski definition) is 0. The first-order valence-electron chi connectivity index (χ1n) is 9.20. The van der Waals surface area contributed by atoms with Gasteiger partial charge in [0.15, 0.2) is 0 Å². The number of fused-ring (bicyclic) bond motifs is 1. The summed E-state index contributed by atoms with van der Waals surface area (Å²) >= 11 is 0. The Bertz CT molecular complexity index is 767. The second-order valence-electron chi connectivity index (χ2n) is 6.62. The molecule has 1 aromatic heterocycles. The Morgan fingerprint density at radius 1 is 1.32 bits per heavy atom. The molecule has 1 aliphatic rings. The molecule has 2 atom stereocenters. The van der Waals surface area contributed by atoms with E-state index in [1.54, 1.807) is 6.26 Å². The van der Waals surface area contributed by atoms with Gasteiger partial charge in [0.25, 0.3) is 0 Å². The van der Waals surface area contributed by atoms with Gasteiger partial charge < -0.3 is 9.32 Å². The molecule has 0 saturated carbocycles. The van der Waals surface area contributed by atoms with E-state index in [1.165, 1.54) is 4.90 Å². The van der Waals surface area contributed by atoms with Gasteiger partial charge in [-0.1, -0.05) is 26.3 Å². The molecule has 1 aromatic carbocycles. The van der Waals surface area contributed by atoms with Gasteiger partial charge in [0.05, 0.1) is 12.3 Å². The van der Waals surface area contributed by atoms with E-state index in [-0.39, 0.29) is 24.0 Å². The number of hydrogen-bond acceptors (Lipinski definition) is 3. The minimum Gasteiger partial charge on any atom is -0.464 e. The minimum atomic E-state index is -0.156. The molecule has 1 saturated heterocycles. The molecule has 0 N–H and O–H groups in total. The Morgan fingerprint density at radius 3 is 2.76 bits per heavy atom. The van der Waals surface area contributed by atoms with Gasteiger partial charge >= 0.3 is 6.03 Å². The summed E-state index contributed by atoms with van der Waals surface area (Å²) in [5.74, 6) is -0.0594. The van der Waals surface area contributed by atoms with Crippen LogP contribution in [0.5, 0.6) is 0 Å². The number of amides is 3. The number of carbonyl (C=O) groups is 2. The maximum atomic E-state index is 13.1. The second kappa shape index (κ2) is 7.30.